The Morgan fingerprint density at radius 1 is 1.45 bits per heavy atom. The fourth-order valence-corrected chi connectivity index (χ4v) is 3.52. The van der Waals surface area contributed by atoms with Crippen molar-refractivity contribution >= 4 is 29.7 Å². The van der Waals surface area contributed by atoms with Crippen LogP contribution in [0.25, 0.3) is 0 Å². The highest BCUT2D eigenvalue weighted by Crippen LogP contribution is 2.28. The van der Waals surface area contributed by atoms with Gasteiger partial charge in [-0.15, -0.1) is 23.7 Å². The van der Waals surface area contributed by atoms with E-state index < -0.39 is 0 Å². The van der Waals surface area contributed by atoms with Crippen LogP contribution in [0.4, 0.5) is 0 Å². The number of nitrogens with zero attached hydrogens (tertiary/aromatic N) is 2. The molecule has 4 nitrogen and oxygen atoms in total. The largest absolute Gasteiger partial charge is 0.332 e. The quantitative estimate of drug-likeness (QED) is 0.936. The maximum atomic E-state index is 12.9. The molecule has 0 spiro atoms. The standard InChI is InChI=1S/C16H19N3OS.ClH/c1-12(15-5-3-9-21-15)16(20)19-8-7-18-11-14(19)13-4-2-6-17-10-13;/h2-6,9-10,12,14,18H,7-8,11H2,1H3;1H. The number of thiophene rings is 1. The summed E-state index contributed by atoms with van der Waals surface area (Å²) in [4.78, 5) is 20.2. The first kappa shape index (κ1) is 16.9. The molecule has 2 atom stereocenters. The molecule has 1 fully saturated rings. The Morgan fingerprint density at radius 3 is 3.00 bits per heavy atom. The molecule has 1 aliphatic heterocycles. The molecule has 6 heteroatoms. The molecule has 0 saturated carbocycles. The molecular weight excluding hydrogens is 318 g/mol. The van der Waals surface area contributed by atoms with Crippen molar-refractivity contribution in [1.29, 1.82) is 0 Å². The van der Waals surface area contributed by atoms with Crippen LogP contribution in [0, 0.1) is 0 Å². The smallest absolute Gasteiger partial charge is 0.231 e. The van der Waals surface area contributed by atoms with Gasteiger partial charge in [-0.3, -0.25) is 9.78 Å². The van der Waals surface area contributed by atoms with Crippen LogP contribution in [-0.2, 0) is 4.79 Å². The van der Waals surface area contributed by atoms with Crippen LogP contribution in [0.5, 0.6) is 0 Å². The van der Waals surface area contributed by atoms with Gasteiger partial charge in [0, 0.05) is 36.9 Å². The summed E-state index contributed by atoms with van der Waals surface area (Å²) in [5.41, 5.74) is 1.09. The van der Waals surface area contributed by atoms with E-state index in [1.165, 1.54) is 0 Å². The molecule has 2 unspecified atom stereocenters. The Morgan fingerprint density at radius 2 is 2.32 bits per heavy atom. The third kappa shape index (κ3) is 3.48. The Kier molecular flexibility index (Phi) is 5.94. The molecule has 3 heterocycles. The molecule has 0 aliphatic carbocycles. The number of piperazine rings is 1. The lowest BCUT2D eigenvalue weighted by molar-refractivity contribution is -0.135. The minimum Gasteiger partial charge on any atom is -0.332 e. The zero-order valence-corrected chi connectivity index (χ0v) is 14.1. The van der Waals surface area contributed by atoms with Crippen LogP contribution in [0.1, 0.15) is 29.3 Å². The van der Waals surface area contributed by atoms with Crippen LogP contribution in [-0.4, -0.2) is 35.4 Å². The molecule has 1 aliphatic rings. The van der Waals surface area contributed by atoms with Gasteiger partial charge < -0.3 is 10.2 Å². The third-order valence-corrected chi connectivity index (χ3v) is 4.99. The monoisotopic (exact) mass is 337 g/mol. The van der Waals surface area contributed by atoms with Gasteiger partial charge in [0.05, 0.1) is 12.0 Å². The van der Waals surface area contributed by atoms with E-state index in [0.29, 0.717) is 0 Å². The van der Waals surface area contributed by atoms with Gasteiger partial charge in [0.25, 0.3) is 0 Å². The summed E-state index contributed by atoms with van der Waals surface area (Å²) < 4.78 is 0. The maximum absolute atomic E-state index is 12.9. The van der Waals surface area contributed by atoms with E-state index in [9.17, 15) is 4.79 Å². The minimum atomic E-state index is -0.0812. The normalized spacial score (nSPS) is 19.3. The van der Waals surface area contributed by atoms with Gasteiger partial charge in [-0.1, -0.05) is 12.1 Å². The van der Waals surface area contributed by atoms with Crippen molar-refractivity contribution < 1.29 is 4.79 Å². The minimum absolute atomic E-state index is 0. The molecule has 1 N–H and O–H groups in total. The van der Waals surface area contributed by atoms with Crippen LogP contribution in [0.2, 0.25) is 0 Å². The van der Waals surface area contributed by atoms with Crippen molar-refractivity contribution in [2.45, 2.75) is 18.9 Å². The number of nitrogens with one attached hydrogen (secondary N) is 1. The zero-order valence-electron chi connectivity index (χ0n) is 12.4. The molecule has 2 aromatic heterocycles. The summed E-state index contributed by atoms with van der Waals surface area (Å²) in [5, 5.41) is 5.40. The van der Waals surface area contributed by atoms with E-state index in [-0.39, 0.29) is 30.3 Å². The van der Waals surface area contributed by atoms with Gasteiger partial charge in [0.2, 0.25) is 5.91 Å². The molecule has 2 aromatic rings. The second-order valence-electron chi connectivity index (χ2n) is 5.28. The first-order valence-electron chi connectivity index (χ1n) is 7.22. The molecule has 118 valence electrons. The third-order valence-electron chi connectivity index (χ3n) is 3.94. The fraction of sp³-hybridized carbons (Fsp3) is 0.375. The molecule has 0 bridgehead atoms. The van der Waals surface area contributed by atoms with Crippen molar-refractivity contribution in [2.75, 3.05) is 19.6 Å². The van der Waals surface area contributed by atoms with Crippen molar-refractivity contribution in [1.82, 2.24) is 15.2 Å². The van der Waals surface area contributed by atoms with E-state index >= 15 is 0 Å². The van der Waals surface area contributed by atoms with E-state index in [1.54, 1.807) is 17.5 Å². The highest BCUT2D eigenvalue weighted by molar-refractivity contribution is 7.10. The SMILES string of the molecule is CC(C(=O)N1CCNCC1c1cccnc1)c1cccs1.Cl. The molecule has 3 rings (SSSR count). The zero-order chi connectivity index (χ0) is 14.7. The fourth-order valence-electron chi connectivity index (χ4n) is 2.75. The Labute approximate surface area is 141 Å². The number of rotatable bonds is 3. The predicted octanol–water partition coefficient (Wildman–Crippen LogP) is 2.84. The number of carbonyl (C=O) groups excluding carboxylic acids is 1. The van der Waals surface area contributed by atoms with Crippen LogP contribution < -0.4 is 5.32 Å². The van der Waals surface area contributed by atoms with E-state index in [0.717, 1.165) is 30.1 Å². The predicted molar refractivity (Wildman–Crippen MR) is 91.5 cm³/mol. The number of halogens is 1. The first-order valence-corrected chi connectivity index (χ1v) is 8.10. The van der Waals surface area contributed by atoms with Gasteiger partial charge in [-0.05, 0) is 30.0 Å². The molecule has 1 saturated heterocycles. The van der Waals surface area contributed by atoms with Crippen molar-refractivity contribution in [3.8, 4) is 0 Å². The average molecular weight is 338 g/mol. The van der Waals surface area contributed by atoms with Crippen LogP contribution in [0.3, 0.4) is 0 Å². The summed E-state index contributed by atoms with van der Waals surface area (Å²) in [6.45, 7) is 4.37. The number of hydrogen-bond acceptors (Lipinski definition) is 4. The van der Waals surface area contributed by atoms with Crippen LogP contribution >= 0.6 is 23.7 Å². The second-order valence-corrected chi connectivity index (χ2v) is 6.25. The summed E-state index contributed by atoms with van der Waals surface area (Å²) in [5.74, 6) is 0.120. The summed E-state index contributed by atoms with van der Waals surface area (Å²) in [6.07, 6.45) is 3.62. The highest BCUT2D eigenvalue weighted by atomic mass is 35.5. The number of carbonyl (C=O) groups is 1. The average Bonchev–Trinajstić information content (AvgIpc) is 3.09. The molecule has 0 aromatic carbocycles. The number of pyridine rings is 1. The number of amides is 1. The topological polar surface area (TPSA) is 45.2 Å². The molecule has 22 heavy (non-hydrogen) atoms. The Hall–Kier alpha value is -1.43. The number of hydrogen-bond donors (Lipinski definition) is 1. The Balaban J connectivity index is 0.00000176. The summed E-state index contributed by atoms with van der Waals surface area (Å²) in [7, 11) is 0. The van der Waals surface area contributed by atoms with Crippen molar-refractivity contribution in [3.05, 3.63) is 52.5 Å². The van der Waals surface area contributed by atoms with Gasteiger partial charge in [-0.25, -0.2) is 0 Å². The second kappa shape index (κ2) is 7.72. The number of aromatic nitrogens is 1. The van der Waals surface area contributed by atoms with Crippen molar-refractivity contribution in [2.24, 2.45) is 0 Å². The first-order chi connectivity index (χ1) is 10.3. The van der Waals surface area contributed by atoms with Gasteiger partial charge in [0.15, 0.2) is 0 Å². The lowest BCUT2D eigenvalue weighted by Gasteiger charge is -2.37. The molecule has 1 amide bonds. The van der Waals surface area contributed by atoms with E-state index in [1.807, 2.05) is 47.7 Å². The molecule has 0 radical (unpaired) electrons. The van der Waals surface area contributed by atoms with Crippen LogP contribution in [0.15, 0.2) is 42.0 Å². The van der Waals surface area contributed by atoms with Gasteiger partial charge in [0.1, 0.15) is 0 Å². The Bertz CT molecular complexity index is 591. The lowest BCUT2D eigenvalue weighted by Crippen LogP contribution is -2.49. The summed E-state index contributed by atoms with van der Waals surface area (Å²) in [6, 6.07) is 8.08. The molecular formula is C16H20ClN3OS. The maximum Gasteiger partial charge on any atom is 0.231 e. The van der Waals surface area contributed by atoms with E-state index in [2.05, 4.69) is 10.3 Å². The highest BCUT2D eigenvalue weighted by Gasteiger charge is 2.31. The summed E-state index contributed by atoms with van der Waals surface area (Å²) >= 11 is 1.64. The van der Waals surface area contributed by atoms with E-state index in [4.69, 9.17) is 0 Å². The lowest BCUT2D eigenvalue weighted by atomic mass is 10.0. The van der Waals surface area contributed by atoms with Gasteiger partial charge in [-0.2, -0.15) is 0 Å². The van der Waals surface area contributed by atoms with Gasteiger partial charge >= 0.3 is 0 Å². The van der Waals surface area contributed by atoms with Crippen molar-refractivity contribution in [3.63, 3.8) is 0 Å².